The summed E-state index contributed by atoms with van der Waals surface area (Å²) >= 11 is 12.2. The van der Waals surface area contributed by atoms with Crippen molar-refractivity contribution in [1.82, 2.24) is 25.1 Å². The molecule has 0 atom stereocenters. The van der Waals surface area contributed by atoms with E-state index >= 15 is 0 Å². The van der Waals surface area contributed by atoms with Crippen LogP contribution in [-0.2, 0) is 11.3 Å². The summed E-state index contributed by atoms with van der Waals surface area (Å²) in [4.78, 5) is 24.4. The Labute approximate surface area is 163 Å². The van der Waals surface area contributed by atoms with E-state index in [1.54, 1.807) is 6.07 Å². The Morgan fingerprint density at radius 2 is 1.85 bits per heavy atom. The van der Waals surface area contributed by atoms with E-state index in [4.69, 9.17) is 23.2 Å². The van der Waals surface area contributed by atoms with Crippen molar-refractivity contribution in [1.29, 1.82) is 0 Å². The number of hydrogen-bond donors (Lipinski definition) is 2. The van der Waals surface area contributed by atoms with Crippen LogP contribution < -0.4 is 5.32 Å². The lowest BCUT2D eigenvalue weighted by molar-refractivity contribution is -0.124. The van der Waals surface area contributed by atoms with Crippen molar-refractivity contribution in [3.8, 4) is 0 Å². The number of benzene rings is 1. The SMILES string of the molecule is CC(C)(C)NC(=O)CN1CCN(Cc2nc3c(Cl)cc(Cl)cc3[nH]2)CC1. The van der Waals surface area contributed by atoms with Crippen LogP contribution in [0.15, 0.2) is 12.1 Å². The van der Waals surface area contributed by atoms with Gasteiger partial charge in [0.1, 0.15) is 11.3 Å². The van der Waals surface area contributed by atoms with Crippen molar-refractivity contribution in [2.45, 2.75) is 32.9 Å². The second kappa shape index (κ2) is 7.72. The van der Waals surface area contributed by atoms with Crippen LogP contribution in [0.2, 0.25) is 10.0 Å². The molecule has 2 N–H and O–H groups in total. The summed E-state index contributed by atoms with van der Waals surface area (Å²) in [6.07, 6.45) is 0. The van der Waals surface area contributed by atoms with Gasteiger partial charge in [-0.2, -0.15) is 0 Å². The highest BCUT2D eigenvalue weighted by Crippen LogP contribution is 2.26. The Kier molecular flexibility index (Phi) is 5.77. The first kappa shape index (κ1) is 19.4. The average molecular weight is 398 g/mol. The Hall–Kier alpha value is -1.34. The van der Waals surface area contributed by atoms with Crippen molar-refractivity contribution >= 4 is 40.1 Å². The molecule has 1 aliphatic heterocycles. The fourth-order valence-electron chi connectivity index (χ4n) is 3.15. The molecular weight excluding hydrogens is 373 g/mol. The van der Waals surface area contributed by atoms with Gasteiger partial charge >= 0.3 is 0 Å². The Morgan fingerprint density at radius 3 is 2.50 bits per heavy atom. The Morgan fingerprint density at radius 1 is 1.19 bits per heavy atom. The largest absolute Gasteiger partial charge is 0.350 e. The predicted molar refractivity (Wildman–Crippen MR) is 106 cm³/mol. The second-order valence-corrected chi connectivity index (χ2v) is 8.66. The summed E-state index contributed by atoms with van der Waals surface area (Å²) in [7, 11) is 0. The van der Waals surface area contributed by atoms with Crippen molar-refractivity contribution in [2.24, 2.45) is 0 Å². The molecule has 0 saturated carbocycles. The summed E-state index contributed by atoms with van der Waals surface area (Å²) in [5.41, 5.74) is 1.42. The van der Waals surface area contributed by atoms with Gasteiger partial charge in [0, 0.05) is 36.7 Å². The number of nitrogens with zero attached hydrogens (tertiary/aromatic N) is 3. The number of carbonyl (C=O) groups is 1. The first-order valence-electron chi connectivity index (χ1n) is 8.79. The Balaban J connectivity index is 1.53. The van der Waals surface area contributed by atoms with E-state index in [0.29, 0.717) is 16.6 Å². The highest BCUT2D eigenvalue weighted by molar-refractivity contribution is 6.38. The summed E-state index contributed by atoms with van der Waals surface area (Å²) in [5.74, 6) is 0.956. The molecule has 6 nitrogen and oxygen atoms in total. The molecule has 1 fully saturated rings. The average Bonchev–Trinajstić information content (AvgIpc) is 2.90. The molecule has 1 amide bonds. The van der Waals surface area contributed by atoms with Crippen LogP contribution in [0.4, 0.5) is 0 Å². The zero-order valence-corrected chi connectivity index (χ0v) is 16.9. The van der Waals surface area contributed by atoms with Crippen LogP contribution in [0.3, 0.4) is 0 Å². The third-order valence-corrected chi connectivity index (χ3v) is 4.78. The minimum absolute atomic E-state index is 0.0785. The number of aromatic nitrogens is 2. The predicted octanol–water partition coefficient (Wildman–Crippen LogP) is 2.90. The summed E-state index contributed by atoms with van der Waals surface area (Å²) in [6, 6.07) is 3.54. The molecule has 1 aromatic carbocycles. The van der Waals surface area contributed by atoms with Crippen LogP contribution in [0.1, 0.15) is 26.6 Å². The number of imidazole rings is 1. The van der Waals surface area contributed by atoms with Gasteiger partial charge in [0.05, 0.1) is 23.6 Å². The van der Waals surface area contributed by atoms with E-state index in [-0.39, 0.29) is 11.4 Å². The van der Waals surface area contributed by atoms with Gasteiger partial charge in [-0.05, 0) is 32.9 Å². The van der Waals surface area contributed by atoms with Crippen LogP contribution in [0.25, 0.3) is 11.0 Å². The van der Waals surface area contributed by atoms with Crippen LogP contribution in [0, 0.1) is 0 Å². The first-order chi connectivity index (χ1) is 12.2. The number of H-pyrrole nitrogens is 1. The molecule has 2 aromatic rings. The molecule has 3 rings (SSSR count). The number of piperazine rings is 1. The topological polar surface area (TPSA) is 64.3 Å². The summed E-state index contributed by atoms with van der Waals surface area (Å²) in [6.45, 7) is 10.7. The Bertz CT molecular complexity index is 791. The minimum atomic E-state index is -0.190. The molecule has 142 valence electrons. The third-order valence-electron chi connectivity index (χ3n) is 4.27. The van der Waals surface area contributed by atoms with Gasteiger partial charge < -0.3 is 10.3 Å². The molecule has 1 aromatic heterocycles. The minimum Gasteiger partial charge on any atom is -0.350 e. The van der Waals surface area contributed by atoms with Gasteiger partial charge in [0.25, 0.3) is 0 Å². The molecule has 0 radical (unpaired) electrons. The fraction of sp³-hybridized carbons (Fsp3) is 0.556. The molecule has 0 spiro atoms. The number of nitrogens with one attached hydrogen (secondary N) is 2. The maximum Gasteiger partial charge on any atom is 0.234 e. The number of hydrogen-bond acceptors (Lipinski definition) is 4. The molecule has 1 saturated heterocycles. The lowest BCUT2D eigenvalue weighted by Gasteiger charge is -2.34. The van der Waals surface area contributed by atoms with Crippen LogP contribution in [-0.4, -0.2) is 63.9 Å². The molecule has 1 aliphatic rings. The highest BCUT2D eigenvalue weighted by atomic mass is 35.5. The lowest BCUT2D eigenvalue weighted by atomic mass is 10.1. The number of halogens is 2. The fourth-order valence-corrected chi connectivity index (χ4v) is 3.68. The number of carbonyl (C=O) groups excluding carboxylic acids is 1. The van der Waals surface area contributed by atoms with E-state index < -0.39 is 0 Å². The zero-order valence-electron chi connectivity index (χ0n) is 15.4. The van der Waals surface area contributed by atoms with Gasteiger partial charge in [-0.15, -0.1) is 0 Å². The van der Waals surface area contributed by atoms with Crippen LogP contribution in [0.5, 0.6) is 0 Å². The maximum absolute atomic E-state index is 12.1. The summed E-state index contributed by atoms with van der Waals surface area (Å²) < 4.78 is 0. The van der Waals surface area contributed by atoms with Gasteiger partial charge in [-0.25, -0.2) is 4.98 Å². The summed E-state index contributed by atoms with van der Waals surface area (Å²) in [5, 5.41) is 4.17. The highest BCUT2D eigenvalue weighted by Gasteiger charge is 2.22. The van der Waals surface area contributed by atoms with Gasteiger partial charge in [0.15, 0.2) is 0 Å². The van der Waals surface area contributed by atoms with Crippen molar-refractivity contribution < 1.29 is 4.79 Å². The van der Waals surface area contributed by atoms with Crippen LogP contribution >= 0.6 is 23.2 Å². The molecule has 0 bridgehead atoms. The van der Waals surface area contributed by atoms with Crippen molar-refractivity contribution in [2.75, 3.05) is 32.7 Å². The van der Waals surface area contributed by atoms with Gasteiger partial charge in [0.2, 0.25) is 5.91 Å². The molecular formula is C18H25Cl2N5O. The molecule has 8 heteroatoms. The number of fused-ring (bicyclic) bond motifs is 1. The van der Waals surface area contributed by atoms with Gasteiger partial charge in [-0.3, -0.25) is 14.6 Å². The quantitative estimate of drug-likeness (QED) is 0.832. The normalized spacial score (nSPS) is 17.0. The van der Waals surface area contributed by atoms with E-state index in [0.717, 1.165) is 49.6 Å². The van der Waals surface area contributed by atoms with Gasteiger partial charge in [-0.1, -0.05) is 23.2 Å². The maximum atomic E-state index is 12.1. The monoisotopic (exact) mass is 397 g/mol. The molecule has 26 heavy (non-hydrogen) atoms. The van der Waals surface area contributed by atoms with E-state index in [1.165, 1.54) is 0 Å². The lowest BCUT2D eigenvalue weighted by Crippen LogP contribution is -2.51. The molecule has 0 unspecified atom stereocenters. The third kappa shape index (κ3) is 5.10. The zero-order chi connectivity index (χ0) is 18.9. The molecule has 2 heterocycles. The molecule has 0 aliphatic carbocycles. The second-order valence-electron chi connectivity index (χ2n) is 7.82. The standard InChI is InChI=1S/C18H25Cl2N5O/c1-18(2,3)23-16(26)11-25-6-4-24(5-7-25)10-15-21-14-9-12(19)8-13(20)17(14)22-15/h8-9H,4-7,10-11H2,1-3H3,(H,21,22)(H,23,26). The van der Waals surface area contributed by atoms with E-state index in [2.05, 4.69) is 25.1 Å². The number of rotatable bonds is 4. The van der Waals surface area contributed by atoms with Crippen molar-refractivity contribution in [3.05, 3.63) is 28.0 Å². The number of amides is 1. The first-order valence-corrected chi connectivity index (χ1v) is 9.54. The van der Waals surface area contributed by atoms with Crippen molar-refractivity contribution in [3.63, 3.8) is 0 Å². The smallest absolute Gasteiger partial charge is 0.234 e. The van der Waals surface area contributed by atoms with E-state index in [9.17, 15) is 4.79 Å². The number of aromatic amines is 1. The van der Waals surface area contributed by atoms with E-state index in [1.807, 2.05) is 26.8 Å².